The third kappa shape index (κ3) is 2.76. The van der Waals surface area contributed by atoms with Crippen molar-refractivity contribution >= 4 is 5.78 Å². The molecule has 144 valence electrons. The number of ether oxygens (including phenoxy) is 2. The summed E-state index contributed by atoms with van der Waals surface area (Å²) in [5, 5.41) is 0. The molecule has 1 aliphatic heterocycles. The Morgan fingerprint density at radius 3 is 2.54 bits per heavy atom. The summed E-state index contributed by atoms with van der Waals surface area (Å²) in [7, 11) is 1.65. The number of hydrogen-bond donors (Lipinski definition) is 0. The molecule has 3 heteroatoms. The molecule has 0 N–H and O–H groups in total. The topological polar surface area (TPSA) is 35.5 Å². The molecule has 2 aromatic rings. The number of allylic oxidation sites excluding steroid dienone is 1. The number of Topliss-reactive ketones (excluding diaryl/α,β-unsaturated/α-hetero) is 1. The van der Waals surface area contributed by atoms with Crippen molar-refractivity contribution in [1.29, 1.82) is 0 Å². The van der Waals surface area contributed by atoms with Crippen LogP contribution < -0.4 is 9.47 Å². The van der Waals surface area contributed by atoms with E-state index in [1.54, 1.807) is 7.11 Å². The predicted octanol–water partition coefficient (Wildman–Crippen LogP) is 5.62. The van der Waals surface area contributed by atoms with Gasteiger partial charge in [-0.05, 0) is 80.5 Å². The van der Waals surface area contributed by atoms with E-state index in [0.717, 1.165) is 36.3 Å². The number of hydrogen-bond acceptors (Lipinski definition) is 3. The molecule has 3 atom stereocenters. The van der Waals surface area contributed by atoms with Gasteiger partial charge in [-0.2, -0.15) is 0 Å². The highest BCUT2D eigenvalue weighted by molar-refractivity contribution is 6.00. The average Bonchev–Trinajstić information content (AvgIpc) is 2.74. The Hall–Kier alpha value is -2.55. The predicted molar refractivity (Wildman–Crippen MR) is 109 cm³/mol. The highest BCUT2D eigenvalue weighted by atomic mass is 16.5. The van der Waals surface area contributed by atoms with Gasteiger partial charge >= 0.3 is 0 Å². The molecular weight excluding hydrogens is 348 g/mol. The summed E-state index contributed by atoms with van der Waals surface area (Å²) in [5.74, 6) is 2.14. The molecule has 0 aromatic heterocycles. The lowest BCUT2D eigenvalue weighted by Gasteiger charge is -2.45. The van der Waals surface area contributed by atoms with Crippen LogP contribution in [0.4, 0.5) is 0 Å². The molecule has 28 heavy (non-hydrogen) atoms. The molecule has 0 radical (unpaired) electrons. The minimum absolute atomic E-state index is 0.0654. The molecule has 0 saturated carbocycles. The van der Waals surface area contributed by atoms with Gasteiger partial charge in [0, 0.05) is 11.5 Å². The van der Waals surface area contributed by atoms with E-state index in [9.17, 15) is 4.79 Å². The summed E-state index contributed by atoms with van der Waals surface area (Å²) in [6.07, 6.45) is 5.54. The van der Waals surface area contributed by atoms with Gasteiger partial charge in [0.1, 0.15) is 17.6 Å². The van der Waals surface area contributed by atoms with Gasteiger partial charge in [-0.3, -0.25) is 4.79 Å². The molecule has 0 fully saturated rings. The Bertz CT molecular complexity index is 954. The van der Waals surface area contributed by atoms with Crippen molar-refractivity contribution in [2.75, 3.05) is 7.11 Å². The van der Waals surface area contributed by atoms with Crippen molar-refractivity contribution in [3.8, 4) is 11.5 Å². The van der Waals surface area contributed by atoms with Crippen LogP contribution in [0.5, 0.6) is 11.5 Å². The van der Waals surface area contributed by atoms with Gasteiger partial charge in [0.05, 0.1) is 13.0 Å². The lowest BCUT2D eigenvalue weighted by atomic mass is 9.63. The minimum atomic E-state index is -0.0654. The Labute approximate surface area is 166 Å². The second kappa shape index (κ2) is 6.80. The normalized spacial score (nSPS) is 25.4. The molecule has 0 amide bonds. The Balaban J connectivity index is 1.62. The fraction of sp³-hybridized carbons (Fsp3) is 0.400. The van der Waals surface area contributed by atoms with Crippen LogP contribution in [0.1, 0.15) is 59.5 Å². The second-order valence-corrected chi connectivity index (χ2v) is 8.32. The molecular formula is C25H26O3. The number of aryl methyl sites for hydroxylation is 1. The monoisotopic (exact) mass is 374 g/mol. The zero-order valence-electron chi connectivity index (χ0n) is 16.5. The average molecular weight is 374 g/mol. The highest BCUT2D eigenvalue weighted by Gasteiger charge is 2.46. The largest absolute Gasteiger partial charge is 0.497 e. The third-order valence-corrected chi connectivity index (χ3v) is 6.68. The first kappa shape index (κ1) is 17.5. The molecule has 3 aliphatic rings. The van der Waals surface area contributed by atoms with Crippen LogP contribution in [-0.4, -0.2) is 19.0 Å². The summed E-state index contributed by atoms with van der Waals surface area (Å²) in [6.45, 7) is 2.11. The van der Waals surface area contributed by atoms with Crippen molar-refractivity contribution in [3.63, 3.8) is 0 Å². The maximum Gasteiger partial charge on any atom is 0.170 e. The van der Waals surface area contributed by atoms with E-state index in [4.69, 9.17) is 9.47 Å². The van der Waals surface area contributed by atoms with Gasteiger partial charge < -0.3 is 9.47 Å². The molecule has 0 saturated heterocycles. The third-order valence-electron chi connectivity index (χ3n) is 6.68. The van der Waals surface area contributed by atoms with Crippen LogP contribution in [0.15, 0.2) is 53.6 Å². The Morgan fingerprint density at radius 1 is 1.04 bits per heavy atom. The van der Waals surface area contributed by atoms with Gasteiger partial charge in [0.25, 0.3) is 0 Å². The second-order valence-electron chi connectivity index (χ2n) is 8.32. The van der Waals surface area contributed by atoms with Gasteiger partial charge in [0.2, 0.25) is 0 Å². The van der Waals surface area contributed by atoms with Crippen molar-refractivity contribution in [2.45, 2.75) is 51.0 Å². The summed E-state index contributed by atoms with van der Waals surface area (Å²) >= 11 is 0. The zero-order valence-corrected chi connectivity index (χ0v) is 16.5. The molecule has 3 unspecified atom stereocenters. The standard InChI is InChI=1S/C25H26O3/c1-15-7-12-22-20(13-15)21-14-23(28-22)18-5-3-4-6-19(18)24(21)25(26)16-8-10-17(27-2)11-9-16/h7-13,21,23-24H,3-6,14H2,1-2H3. The van der Waals surface area contributed by atoms with Crippen molar-refractivity contribution < 1.29 is 14.3 Å². The van der Waals surface area contributed by atoms with E-state index in [1.165, 1.54) is 35.1 Å². The number of methoxy groups -OCH3 is 1. The van der Waals surface area contributed by atoms with Gasteiger partial charge in [-0.1, -0.05) is 23.3 Å². The van der Waals surface area contributed by atoms with Crippen LogP contribution in [0.3, 0.4) is 0 Å². The number of fused-ring (bicyclic) bond motifs is 5. The first-order valence-corrected chi connectivity index (χ1v) is 10.3. The molecule has 1 heterocycles. The van der Waals surface area contributed by atoms with Gasteiger partial charge in [0.15, 0.2) is 5.78 Å². The van der Waals surface area contributed by atoms with E-state index < -0.39 is 0 Å². The number of carbonyl (C=O) groups excluding carboxylic acids is 1. The zero-order chi connectivity index (χ0) is 19.3. The Kier molecular flexibility index (Phi) is 4.26. The Morgan fingerprint density at radius 2 is 1.79 bits per heavy atom. The van der Waals surface area contributed by atoms with E-state index >= 15 is 0 Å². The molecule has 2 aromatic carbocycles. The summed E-state index contributed by atoms with van der Waals surface area (Å²) in [6, 6.07) is 14.0. The van der Waals surface area contributed by atoms with Crippen LogP contribution in [-0.2, 0) is 0 Å². The van der Waals surface area contributed by atoms with E-state index in [-0.39, 0.29) is 23.7 Å². The van der Waals surface area contributed by atoms with Crippen molar-refractivity contribution in [1.82, 2.24) is 0 Å². The van der Waals surface area contributed by atoms with Gasteiger partial charge in [-0.15, -0.1) is 0 Å². The van der Waals surface area contributed by atoms with Crippen LogP contribution >= 0.6 is 0 Å². The lowest BCUT2D eigenvalue weighted by Crippen LogP contribution is -2.41. The summed E-state index contributed by atoms with van der Waals surface area (Å²) in [5.41, 5.74) is 5.98. The molecule has 2 bridgehead atoms. The highest BCUT2D eigenvalue weighted by Crippen LogP contribution is 2.53. The number of rotatable bonds is 3. The fourth-order valence-corrected chi connectivity index (χ4v) is 5.35. The SMILES string of the molecule is COc1ccc(C(=O)C2C3=C(CCCC3)C3CC2c2cc(C)ccc2O3)cc1. The first-order chi connectivity index (χ1) is 13.7. The first-order valence-electron chi connectivity index (χ1n) is 10.3. The molecule has 3 nitrogen and oxygen atoms in total. The molecule has 2 aliphatic carbocycles. The van der Waals surface area contributed by atoms with E-state index in [1.807, 2.05) is 24.3 Å². The van der Waals surface area contributed by atoms with Crippen molar-refractivity contribution in [3.05, 3.63) is 70.3 Å². The van der Waals surface area contributed by atoms with Crippen LogP contribution in [0, 0.1) is 12.8 Å². The number of ketones is 1. The van der Waals surface area contributed by atoms with Gasteiger partial charge in [-0.25, -0.2) is 0 Å². The minimum Gasteiger partial charge on any atom is -0.497 e. The quantitative estimate of drug-likeness (QED) is 0.516. The fourth-order valence-electron chi connectivity index (χ4n) is 5.35. The molecule has 5 rings (SSSR count). The maximum absolute atomic E-state index is 13.7. The summed E-state index contributed by atoms with van der Waals surface area (Å²) in [4.78, 5) is 13.7. The van der Waals surface area contributed by atoms with E-state index in [2.05, 4.69) is 25.1 Å². The van der Waals surface area contributed by atoms with Crippen LogP contribution in [0.2, 0.25) is 0 Å². The smallest absolute Gasteiger partial charge is 0.170 e. The molecule has 0 spiro atoms. The lowest BCUT2D eigenvalue weighted by molar-refractivity contribution is 0.0853. The number of carbonyl (C=O) groups is 1. The summed E-state index contributed by atoms with van der Waals surface area (Å²) < 4.78 is 11.7. The van der Waals surface area contributed by atoms with Crippen LogP contribution in [0.25, 0.3) is 0 Å². The maximum atomic E-state index is 13.7. The van der Waals surface area contributed by atoms with Crippen molar-refractivity contribution in [2.24, 2.45) is 5.92 Å². The number of benzene rings is 2. The van der Waals surface area contributed by atoms with E-state index in [0.29, 0.717) is 0 Å².